The Bertz CT molecular complexity index is 939. The SMILES string of the molecule is CC(=O)NC1(C)CCN(c2cc(-c3ccc(NC(F)(F)F)c(F)c3)nc(C)n2)CC1. The van der Waals surface area contributed by atoms with Crippen LogP contribution in [0, 0.1) is 12.7 Å². The van der Waals surface area contributed by atoms with Gasteiger partial charge in [-0.2, -0.15) is 13.2 Å². The van der Waals surface area contributed by atoms with Crippen LogP contribution in [0.3, 0.4) is 0 Å². The Hall–Kier alpha value is -2.91. The summed E-state index contributed by atoms with van der Waals surface area (Å²) in [7, 11) is 0. The molecule has 1 amide bonds. The molecule has 6 nitrogen and oxygen atoms in total. The summed E-state index contributed by atoms with van der Waals surface area (Å²) < 4.78 is 51.5. The van der Waals surface area contributed by atoms with E-state index in [0.29, 0.717) is 36.0 Å². The third kappa shape index (κ3) is 5.37. The van der Waals surface area contributed by atoms with Gasteiger partial charge in [0.1, 0.15) is 17.5 Å². The monoisotopic (exact) mass is 425 g/mol. The summed E-state index contributed by atoms with van der Waals surface area (Å²) in [5.74, 6) is 0.0270. The third-order valence-corrected chi connectivity index (χ3v) is 5.03. The van der Waals surface area contributed by atoms with E-state index in [1.807, 2.05) is 6.92 Å². The summed E-state index contributed by atoms with van der Waals surface area (Å²) in [6.07, 6.45) is -3.25. The predicted octanol–water partition coefficient (Wildman–Crippen LogP) is 4.02. The minimum atomic E-state index is -4.72. The number of carbonyl (C=O) groups is 1. The molecule has 30 heavy (non-hydrogen) atoms. The van der Waals surface area contributed by atoms with Gasteiger partial charge in [0.05, 0.1) is 11.4 Å². The van der Waals surface area contributed by atoms with Crippen LogP contribution < -0.4 is 15.5 Å². The van der Waals surface area contributed by atoms with Crippen LogP contribution in [0.15, 0.2) is 24.3 Å². The van der Waals surface area contributed by atoms with Crippen molar-refractivity contribution in [3.8, 4) is 11.3 Å². The fourth-order valence-electron chi connectivity index (χ4n) is 3.57. The molecule has 10 heteroatoms. The number of nitrogens with zero attached hydrogens (tertiary/aromatic N) is 3. The van der Waals surface area contributed by atoms with Gasteiger partial charge in [0.2, 0.25) is 5.91 Å². The van der Waals surface area contributed by atoms with E-state index in [2.05, 4.69) is 20.2 Å². The number of rotatable bonds is 4. The highest BCUT2D eigenvalue weighted by atomic mass is 19.4. The molecule has 1 aliphatic heterocycles. The average molecular weight is 425 g/mol. The van der Waals surface area contributed by atoms with Crippen molar-refractivity contribution in [3.63, 3.8) is 0 Å². The number of anilines is 2. The quantitative estimate of drug-likeness (QED) is 0.572. The van der Waals surface area contributed by atoms with Gasteiger partial charge in [-0.25, -0.2) is 14.4 Å². The molecule has 0 unspecified atom stereocenters. The van der Waals surface area contributed by atoms with Gasteiger partial charge in [-0.15, -0.1) is 0 Å². The molecule has 3 rings (SSSR count). The van der Waals surface area contributed by atoms with Gasteiger partial charge in [-0.1, -0.05) is 6.07 Å². The van der Waals surface area contributed by atoms with Crippen LogP contribution in [0.4, 0.5) is 29.1 Å². The van der Waals surface area contributed by atoms with Crippen LogP contribution in [0.25, 0.3) is 11.3 Å². The van der Waals surface area contributed by atoms with Gasteiger partial charge in [-0.05, 0) is 38.8 Å². The summed E-state index contributed by atoms with van der Waals surface area (Å²) in [5.41, 5.74) is -0.153. The molecule has 0 bridgehead atoms. The maximum atomic E-state index is 14.2. The van der Waals surface area contributed by atoms with Gasteiger partial charge in [0.15, 0.2) is 0 Å². The summed E-state index contributed by atoms with van der Waals surface area (Å²) in [6.45, 7) is 6.52. The molecule has 1 saturated heterocycles. The van der Waals surface area contributed by atoms with Crippen molar-refractivity contribution in [3.05, 3.63) is 35.9 Å². The summed E-state index contributed by atoms with van der Waals surface area (Å²) in [4.78, 5) is 22.2. The Morgan fingerprint density at radius 3 is 2.40 bits per heavy atom. The molecule has 0 atom stereocenters. The number of aryl methyl sites for hydroxylation is 1. The first-order valence-electron chi connectivity index (χ1n) is 9.48. The zero-order valence-electron chi connectivity index (χ0n) is 16.9. The first-order valence-corrected chi connectivity index (χ1v) is 9.48. The number of amides is 1. The van der Waals surface area contributed by atoms with Crippen LogP contribution in [0.5, 0.6) is 0 Å². The number of alkyl halides is 3. The molecule has 2 heterocycles. The van der Waals surface area contributed by atoms with Gasteiger partial charge in [0.25, 0.3) is 0 Å². The first kappa shape index (κ1) is 21.8. The molecule has 2 N–H and O–H groups in total. The van der Waals surface area contributed by atoms with E-state index in [1.54, 1.807) is 13.0 Å². The van der Waals surface area contributed by atoms with Crippen LogP contribution in [0.2, 0.25) is 0 Å². The number of carbonyl (C=O) groups excluding carboxylic acids is 1. The number of benzene rings is 1. The first-order chi connectivity index (χ1) is 13.9. The van der Waals surface area contributed by atoms with Gasteiger partial charge in [-0.3, -0.25) is 10.1 Å². The predicted molar refractivity (Wildman–Crippen MR) is 106 cm³/mol. The maximum absolute atomic E-state index is 14.2. The zero-order valence-corrected chi connectivity index (χ0v) is 16.9. The molecule has 1 aliphatic rings. The molecular weight excluding hydrogens is 402 g/mol. The van der Waals surface area contributed by atoms with E-state index in [0.717, 1.165) is 25.0 Å². The number of nitrogens with one attached hydrogen (secondary N) is 2. The smallest absolute Gasteiger partial charge is 0.356 e. The second-order valence-corrected chi connectivity index (χ2v) is 7.70. The number of hydrogen-bond donors (Lipinski definition) is 2. The fraction of sp³-hybridized carbons (Fsp3) is 0.450. The van der Waals surface area contributed by atoms with Crippen molar-refractivity contribution < 1.29 is 22.4 Å². The van der Waals surface area contributed by atoms with Crippen LogP contribution in [-0.4, -0.2) is 40.8 Å². The van der Waals surface area contributed by atoms with Gasteiger partial charge < -0.3 is 10.2 Å². The Kier molecular flexibility index (Phi) is 5.87. The molecule has 1 aromatic carbocycles. The molecule has 2 aromatic rings. The fourth-order valence-corrected chi connectivity index (χ4v) is 3.57. The Morgan fingerprint density at radius 2 is 1.83 bits per heavy atom. The van der Waals surface area contributed by atoms with Crippen molar-refractivity contribution in [2.45, 2.75) is 45.5 Å². The highest BCUT2D eigenvalue weighted by Gasteiger charge is 2.31. The summed E-state index contributed by atoms with van der Waals surface area (Å²) in [6, 6.07) is 5.13. The van der Waals surface area contributed by atoms with E-state index in [1.165, 1.54) is 18.3 Å². The molecule has 0 radical (unpaired) electrons. The van der Waals surface area contributed by atoms with Crippen molar-refractivity contribution in [1.82, 2.24) is 15.3 Å². The molecular formula is C20H23F4N5O. The number of piperidine rings is 1. The normalized spacial score (nSPS) is 16.3. The lowest BCUT2D eigenvalue weighted by Gasteiger charge is -2.40. The van der Waals surface area contributed by atoms with Crippen molar-refractivity contribution in [2.24, 2.45) is 0 Å². The molecule has 0 aliphatic carbocycles. The minimum Gasteiger partial charge on any atom is -0.356 e. The zero-order chi connectivity index (χ0) is 22.1. The lowest BCUT2D eigenvalue weighted by atomic mass is 9.89. The summed E-state index contributed by atoms with van der Waals surface area (Å²) in [5, 5.41) is 4.16. The number of halogens is 4. The van der Waals surface area contributed by atoms with E-state index in [-0.39, 0.29) is 11.4 Å². The number of aromatic nitrogens is 2. The standard InChI is InChI=1S/C20H23F4N5O/c1-12-25-17(14-4-5-16(15(21)10-14)28-20(22,23)24)11-18(26-12)29-8-6-19(3,7-9-29)27-13(2)30/h4-5,10-11,28H,6-9H2,1-3H3,(H,27,30). The van der Waals surface area contributed by atoms with E-state index in [4.69, 9.17) is 0 Å². The van der Waals surface area contributed by atoms with Crippen LogP contribution in [0.1, 0.15) is 32.5 Å². The van der Waals surface area contributed by atoms with E-state index in [9.17, 15) is 22.4 Å². The average Bonchev–Trinajstić information content (AvgIpc) is 2.61. The maximum Gasteiger partial charge on any atom is 0.482 e. The van der Waals surface area contributed by atoms with Crippen molar-refractivity contribution >= 4 is 17.4 Å². The second-order valence-electron chi connectivity index (χ2n) is 7.70. The van der Waals surface area contributed by atoms with E-state index >= 15 is 0 Å². The van der Waals surface area contributed by atoms with Crippen molar-refractivity contribution in [1.29, 1.82) is 0 Å². The lowest BCUT2D eigenvalue weighted by molar-refractivity contribution is -0.121. The Morgan fingerprint density at radius 1 is 1.17 bits per heavy atom. The molecule has 1 fully saturated rings. The second kappa shape index (κ2) is 8.08. The Balaban J connectivity index is 1.81. The minimum absolute atomic E-state index is 0.0726. The van der Waals surface area contributed by atoms with E-state index < -0.39 is 17.8 Å². The highest BCUT2D eigenvalue weighted by molar-refractivity contribution is 5.74. The molecule has 0 saturated carbocycles. The topological polar surface area (TPSA) is 70.2 Å². The molecule has 1 aromatic heterocycles. The number of hydrogen-bond acceptors (Lipinski definition) is 5. The highest BCUT2D eigenvalue weighted by Crippen LogP contribution is 2.30. The lowest BCUT2D eigenvalue weighted by Crippen LogP contribution is -2.53. The summed E-state index contributed by atoms with van der Waals surface area (Å²) >= 11 is 0. The van der Waals surface area contributed by atoms with Gasteiger partial charge in [0, 0.05) is 37.2 Å². The molecule has 162 valence electrons. The van der Waals surface area contributed by atoms with Gasteiger partial charge >= 0.3 is 6.30 Å². The largest absolute Gasteiger partial charge is 0.482 e. The third-order valence-electron chi connectivity index (χ3n) is 5.03. The van der Waals surface area contributed by atoms with Crippen molar-refractivity contribution in [2.75, 3.05) is 23.3 Å². The van der Waals surface area contributed by atoms with Crippen LogP contribution >= 0.6 is 0 Å². The van der Waals surface area contributed by atoms with Crippen LogP contribution in [-0.2, 0) is 4.79 Å². The molecule has 0 spiro atoms. The Labute approximate surface area is 171 Å².